The molecule has 2 aromatic carbocycles. The first-order valence-electron chi connectivity index (χ1n) is 9.48. The third kappa shape index (κ3) is 4.03. The highest BCUT2D eigenvalue weighted by molar-refractivity contribution is 5.95. The van der Waals surface area contributed by atoms with Gasteiger partial charge in [-0.15, -0.1) is 9.78 Å². The minimum absolute atomic E-state index is 0.0182. The van der Waals surface area contributed by atoms with Gasteiger partial charge in [0.15, 0.2) is 0 Å². The molecule has 0 saturated carbocycles. The molecule has 7 heteroatoms. The number of hydrogen-bond acceptors (Lipinski definition) is 4. The zero-order valence-corrected chi connectivity index (χ0v) is 16.6. The Bertz CT molecular complexity index is 1110. The van der Waals surface area contributed by atoms with Crippen LogP contribution < -0.4 is 5.69 Å². The second kappa shape index (κ2) is 8.26. The van der Waals surface area contributed by atoms with E-state index in [2.05, 4.69) is 5.10 Å². The Morgan fingerprint density at radius 3 is 2.31 bits per heavy atom. The number of rotatable bonds is 6. The summed E-state index contributed by atoms with van der Waals surface area (Å²) in [4.78, 5) is 36.1. The molecule has 0 unspecified atom stereocenters. The second-order valence-corrected chi connectivity index (χ2v) is 7.09. The molecule has 0 bridgehead atoms. The number of nitrogens with zero attached hydrogens (tertiary/aromatic N) is 3. The average molecular weight is 393 g/mol. The van der Waals surface area contributed by atoms with Gasteiger partial charge in [0.25, 0.3) is 5.91 Å². The first kappa shape index (κ1) is 20.3. The van der Waals surface area contributed by atoms with Crippen LogP contribution in [-0.2, 0) is 6.54 Å². The normalized spacial score (nSPS) is 11.0. The zero-order valence-electron chi connectivity index (χ0n) is 16.6. The molecule has 0 atom stereocenters. The first-order chi connectivity index (χ1) is 13.8. The van der Waals surface area contributed by atoms with Gasteiger partial charge in [0.05, 0.1) is 12.1 Å². The minimum atomic E-state index is -0.981. The SMILES string of the molecule is CCC(=O)n1nc(C(C)C)n(Cc2ccc(-c3ccccc3C(=O)O)cc2)c1=O. The number of benzene rings is 2. The van der Waals surface area contributed by atoms with Crippen LogP contribution in [0.5, 0.6) is 0 Å². The third-order valence-corrected chi connectivity index (χ3v) is 4.71. The monoisotopic (exact) mass is 393 g/mol. The number of carbonyl (C=O) groups is 2. The number of hydrogen-bond donors (Lipinski definition) is 1. The van der Waals surface area contributed by atoms with Crippen LogP contribution in [0.25, 0.3) is 11.1 Å². The molecule has 150 valence electrons. The van der Waals surface area contributed by atoms with Crippen molar-refractivity contribution in [2.75, 3.05) is 0 Å². The van der Waals surface area contributed by atoms with Gasteiger partial charge in [-0.1, -0.05) is 63.2 Å². The average Bonchev–Trinajstić information content (AvgIpc) is 3.04. The van der Waals surface area contributed by atoms with Crippen molar-refractivity contribution in [2.24, 2.45) is 0 Å². The van der Waals surface area contributed by atoms with Gasteiger partial charge < -0.3 is 5.11 Å². The standard InChI is InChI=1S/C22H23N3O4/c1-4-19(26)25-22(29)24(20(23-25)14(2)3)13-15-9-11-16(12-10-15)17-7-5-6-8-18(17)21(27)28/h5-12,14H,4,13H2,1-3H3,(H,27,28). The van der Waals surface area contributed by atoms with Gasteiger partial charge in [-0.2, -0.15) is 0 Å². The summed E-state index contributed by atoms with van der Waals surface area (Å²) >= 11 is 0. The Balaban J connectivity index is 1.95. The Hall–Kier alpha value is -3.48. The van der Waals surface area contributed by atoms with Gasteiger partial charge in [-0.3, -0.25) is 9.36 Å². The number of carbonyl (C=O) groups excluding carboxylic acids is 1. The van der Waals surface area contributed by atoms with Gasteiger partial charge in [0, 0.05) is 12.3 Å². The molecule has 0 spiro atoms. The van der Waals surface area contributed by atoms with Crippen molar-refractivity contribution in [1.82, 2.24) is 14.3 Å². The lowest BCUT2D eigenvalue weighted by Crippen LogP contribution is -2.30. The van der Waals surface area contributed by atoms with E-state index in [-0.39, 0.29) is 30.4 Å². The lowest BCUT2D eigenvalue weighted by Gasteiger charge is -2.10. The molecule has 3 rings (SSSR count). The second-order valence-electron chi connectivity index (χ2n) is 7.09. The van der Waals surface area contributed by atoms with E-state index in [0.29, 0.717) is 11.4 Å². The van der Waals surface area contributed by atoms with Crippen molar-refractivity contribution >= 4 is 11.9 Å². The van der Waals surface area contributed by atoms with Crippen molar-refractivity contribution in [3.63, 3.8) is 0 Å². The smallest absolute Gasteiger partial charge is 0.353 e. The largest absolute Gasteiger partial charge is 0.478 e. The highest BCUT2D eigenvalue weighted by Crippen LogP contribution is 2.24. The maximum Gasteiger partial charge on any atom is 0.353 e. The van der Waals surface area contributed by atoms with E-state index in [9.17, 15) is 19.5 Å². The molecule has 0 aliphatic carbocycles. The van der Waals surface area contributed by atoms with E-state index < -0.39 is 11.7 Å². The lowest BCUT2D eigenvalue weighted by molar-refractivity contribution is 0.0697. The fourth-order valence-corrected chi connectivity index (χ4v) is 3.19. The maximum atomic E-state index is 12.7. The molecule has 29 heavy (non-hydrogen) atoms. The number of aromatic carboxylic acids is 1. The Kier molecular flexibility index (Phi) is 5.77. The Morgan fingerprint density at radius 1 is 1.07 bits per heavy atom. The molecule has 1 N–H and O–H groups in total. The van der Waals surface area contributed by atoms with Crippen LogP contribution in [0.15, 0.2) is 53.3 Å². The van der Waals surface area contributed by atoms with Crippen LogP contribution in [0.1, 0.15) is 59.7 Å². The summed E-state index contributed by atoms with van der Waals surface area (Å²) in [5.41, 5.74) is 2.06. The highest BCUT2D eigenvalue weighted by atomic mass is 16.4. The van der Waals surface area contributed by atoms with Crippen LogP contribution in [0.2, 0.25) is 0 Å². The fourth-order valence-electron chi connectivity index (χ4n) is 3.19. The van der Waals surface area contributed by atoms with Crippen LogP contribution in [-0.4, -0.2) is 31.3 Å². The molecule has 0 aliphatic heterocycles. The summed E-state index contributed by atoms with van der Waals surface area (Å²) in [6.07, 6.45) is 0.201. The quantitative estimate of drug-likeness (QED) is 0.690. The molecule has 0 saturated heterocycles. The molecular weight excluding hydrogens is 370 g/mol. The summed E-state index contributed by atoms with van der Waals surface area (Å²) in [7, 11) is 0. The van der Waals surface area contributed by atoms with Gasteiger partial charge in [0.1, 0.15) is 5.82 Å². The molecule has 0 radical (unpaired) electrons. The van der Waals surface area contributed by atoms with Crippen molar-refractivity contribution in [1.29, 1.82) is 0 Å². The van der Waals surface area contributed by atoms with Crippen molar-refractivity contribution in [3.8, 4) is 11.1 Å². The molecule has 1 heterocycles. The van der Waals surface area contributed by atoms with Crippen molar-refractivity contribution < 1.29 is 14.7 Å². The van der Waals surface area contributed by atoms with Crippen molar-refractivity contribution in [3.05, 3.63) is 76.0 Å². The van der Waals surface area contributed by atoms with E-state index in [1.807, 2.05) is 38.1 Å². The molecule has 0 aliphatic rings. The number of aromatic nitrogens is 3. The van der Waals surface area contributed by atoms with Gasteiger partial charge in [0.2, 0.25) is 0 Å². The van der Waals surface area contributed by atoms with Crippen LogP contribution in [0.4, 0.5) is 0 Å². The topological polar surface area (TPSA) is 94.2 Å². The van der Waals surface area contributed by atoms with Gasteiger partial charge in [-0.05, 0) is 22.8 Å². The molecule has 1 aromatic heterocycles. The summed E-state index contributed by atoms with van der Waals surface area (Å²) in [6, 6.07) is 14.2. The molecule has 0 fully saturated rings. The van der Waals surface area contributed by atoms with E-state index in [4.69, 9.17) is 0 Å². The third-order valence-electron chi connectivity index (χ3n) is 4.71. The van der Waals surface area contributed by atoms with E-state index in [1.54, 1.807) is 31.2 Å². The van der Waals surface area contributed by atoms with Gasteiger partial charge >= 0.3 is 11.7 Å². The van der Waals surface area contributed by atoms with Crippen LogP contribution in [0, 0.1) is 0 Å². The number of carboxylic acids is 1. The summed E-state index contributed by atoms with van der Waals surface area (Å²) in [5, 5.41) is 13.6. The predicted octanol–water partition coefficient (Wildman–Crippen LogP) is 3.63. The van der Waals surface area contributed by atoms with Crippen molar-refractivity contribution in [2.45, 2.75) is 39.7 Å². The molecule has 3 aromatic rings. The molecule has 7 nitrogen and oxygen atoms in total. The Labute approximate surface area is 168 Å². The zero-order chi connectivity index (χ0) is 21.1. The predicted molar refractivity (Wildman–Crippen MR) is 109 cm³/mol. The van der Waals surface area contributed by atoms with Gasteiger partial charge in [-0.25, -0.2) is 9.59 Å². The maximum absolute atomic E-state index is 12.7. The highest BCUT2D eigenvalue weighted by Gasteiger charge is 2.19. The minimum Gasteiger partial charge on any atom is -0.478 e. The molecular formula is C22H23N3O4. The summed E-state index contributed by atoms with van der Waals surface area (Å²) < 4.78 is 2.45. The fraction of sp³-hybridized carbons (Fsp3) is 0.273. The van der Waals surface area contributed by atoms with E-state index in [1.165, 1.54) is 4.57 Å². The van der Waals surface area contributed by atoms with E-state index in [0.717, 1.165) is 15.8 Å². The lowest BCUT2D eigenvalue weighted by atomic mass is 9.99. The van der Waals surface area contributed by atoms with Crippen LogP contribution >= 0.6 is 0 Å². The summed E-state index contributed by atoms with van der Waals surface area (Å²) in [5.74, 6) is -0.783. The first-order valence-corrected chi connectivity index (χ1v) is 9.48. The summed E-state index contributed by atoms with van der Waals surface area (Å²) in [6.45, 7) is 5.82. The molecule has 0 amide bonds. The number of carboxylic acid groups (broad SMARTS) is 1. The van der Waals surface area contributed by atoms with Crippen LogP contribution in [0.3, 0.4) is 0 Å². The van der Waals surface area contributed by atoms with E-state index >= 15 is 0 Å². The Morgan fingerprint density at radius 2 is 1.72 bits per heavy atom.